The summed E-state index contributed by atoms with van der Waals surface area (Å²) in [7, 11) is 0. The molecule has 4 aromatic rings. The Morgan fingerprint density at radius 3 is 2.69 bits per heavy atom. The molecule has 1 nitrogen and oxygen atoms in total. The van der Waals surface area contributed by atoms with E-state index in [1.54, 1.807) is 21.9 Å². The summed E-state index contributed by atoms with van der Waals surface area (Å²) in [5.41, 5.74) is 0.995. The first-order valence-electron chi connectivity index (χ1n) is 4.75. The van der Waals surface area contributed by atoms with Crippen molar-refractivity contribution in [2.24, 2.45) is 0 Å². The van der Waals surface area contributed by atoms with Crippen LogP contribution in [-0.2, 0) is 0 Å². The second-order valence-electron chi connectivity index (χ2n) is 3.14. The van der Waals surface area contributed by atoms with E-state index in [1.165, 1.54) is 9.40 Å². The quantitative estimate of drug-likeness (QED) is 0.437. The average Bonchev–Trinajstić information content (AvgIpc) is 2.99. The molecule has 0 aliphatic carbocycles. The Morgan fingerprint density at radius 1 is 0.938 bits per heavy atom. The largest absolute Gasteiger partial charge is 0.463 e. The van der Waals surface area contributed by atoms with Crippen LogP contribution in [0.25, 0.3) is 19.2 Å². The van der Waals surface area contributed by atoms with Gasteiger partial charge in [-0.1, -0.05) is 0 Å². The van der Waals surface area contributed by atoms with E-state index in [0.717, 1.165) is 5.58 Å². The van der Waals surface area contributed by atoms with Crippen molar-refractivity contribution in [2.75, 3.05) is 0 Å². The molecule has 4 heterocycles. The average molecular weight is 311 g/mol. The Morgan fingerprint density at radius 2 is 1.81 bits per heavy atom. The summed E-state index contributed by atoms with van der Waals surface area (Å²) in [6.07, 6.45) is 1.71. The minimum Gasteiger partial charge on any atom is -0.463 e. The fourth-order valence-electron chi connectivity index (χ4n) is 1.39. The molecule has 0 saturated carbocycles. The van der Waals surface area contributed by atoms with Crippen LogP contribution < -0.4 is 0 Å². The predicted molar refractivity (Wildman–Crippen MR) is 72.9 cm³/mol. The Kier molecular flexibility index (Phi) is 2.98. The number of hydrogen-bond donors (Lipinski definition) is 0. The van der Waals surface area contributed by atoms with Gasteiger partial charge in [0.15, 0.2) is 0 Å². The Labute approximate surface area is 107 Å². The molecule has 0 fully saturated rings. The molecule has 0 radical (unpaired) electrons. The maximum atomic E-state index is 5.07. The van der Waals surface area contributed by atoms with E-state index in [2.05, 4.69) is 22.5 Å². The Balaban J connectivity index is 0.000000101. The minimum absolute atomic E-state index is 0.662. The first kappa shape index (κ1) is 10.4. The third-order valence-corrected chi connectivity index (χ3v) is 6.03. The molecule has 16 heavy (non-hydrogen) atoms. The van der Waals surface area contributed by atoms with Crippen LogP contribution >= 0.6 is 22.7 Å². The zero-order valence-electron chi connectivity index (χ0n) is 8.25. The van der Waals surface area contributed by atoms with Crippen LogP contribution in [0.1, 0.15) is 0 Å². The Hall–Kier alpha value is -0.801. The van der Waals surface area contributed by atoms with E-state index in [4.69, 9.17) is 4.42 Å². The molecular formula is C12H8OS2Se. The van der Waals surface area contributed by atoms with Gasteiger partial charge in [0.1, 0.15) is 5.58 Å². The molecule has 0 bridgehead atoms. The van der Waals surface area contributed by atoms with Crippen molar-refractivity contribution in [1.29, 1.82) is 0 Å². The van der Waals surface area contributed by atoms with Crippen molar-refractivity contribution in [3.8, 4) is 0 Å². The van der Waals surface area contributed by atoms with E-state index in [-0.39, 0.29) is 0 Å². The molecule has 0 saturated heterocycles. The minimum atomic E-state index is 0.662. The van der Waals surface area contributed by atoms with E-state index in [1.807, 2.05) is 28.8 Å². The third-order valence-electron chi connectivity index (χ3n) is 2.14. The zero-order valence-corrected chi connectivity index (χ0v) is 11.6. The molecule has 0 N–H and O–H groups in total. The van der Waals surface area contributed by atoms with Gasteiger partial charge in [-0.3, -0.25) is 0 Å². The predicted octanol–water partition coefficient (Wildman–Crippen LogP) is 4.45. The van der Waals surface area contributed by atoms with Gasteiger partial charge in [-0.15, -0.1) is 11.3 Å². The van der Waals surface area contributed by atoms with Crippen molar-refractivity contribution < 1.29 is 4.42 Å². The maximum absolute atomic E-state index is 5.07. The molecule has 4 heteroatoms. The summed E-state index contributed by atoms with van der Waals surface area (Å²) in [6, 6.07) is 8.39. The van der Waals surface area contributed by atoms with Gasteiger partial charge in [0, 0.05) is 0 Å². The molecule has 0 spiro atoms. The van der Waals surface area contributed by atoms with Gasteiger partial charge < -0.3 is 4.42 Å². The van der Waals surface area contributed by atoms with Crippen molar-refractivity contribution >= 4 is 56.4 Å². The van der Waals surface area contributed by atoms with Crippen LogP contribution in [0.3, 0.4) is 0 Å². The van der Waals surface area contributed by atoms with Gasteiger partial charge in [0.2, 0.25) is 0 Å². The second kappa shape index (κ2) is 4.60. The van der Waals surface area contributed by atoms with Gasteiger partial charge >= 0.3 is 57.3 Å². The third kappa shape index (κ3) is 2.02. The topological polar surface area (TPSA) is 13.1 Å². The van der Waals surface area contributed by atoms with E-state index >= 15 is 0 Å². The molecule has 0 atom stereocenters. The van der Waals surface area contributed by atoms with Gasteiger partial charge in [0.05, 0.1) is 11.0 Å². The zero-order chi connectivity index (χ0) is 10.8. The molecule has 0 unspecified atom stereocenters. The maximum Gasteiger partial charge on any atom is 0.144 e. The second-order valence-corrected chi connectivity index (χ2v) is 7.02. The summed E-state index contributed by atoms with van der Waals surface area (Å²) in [5, 5.41) is 4.18. The molecule has 80 valence electrons. The summed E-state index contributed by atoms with van der Waals surface area (Å²) >= 11 is 4.20. The molecule has 0 aliphatic rings. The number of fused-ring (bicyclic) bond motifs is 2. The van der Waals surface area contributed by atoms with Crippen LogP contribution in [0.15, 0.2) is 50.6 Å². The van der Waals surface area contributed by atoms with Gasteiger partial charge in [0.25, 0.3) is 0 Å². The SMILES string of the molecule is c1cc2[se]ccc2s1.c1cc2sccc2o1. The van der Waals surface area contributed by atoms with Crippen molar-refractivity contribution in [3.63, 3.8) is 0 Å². The summed E-state index contributed by atoms with van der Waals surface area (Å²) in [4.78, 5) is 2.27. The van der Waals surface area contributed by atoms with Gasteiger partial charge in [-0.05, 0) is 17.5 Å². The molecular weight excluding hydrogens is 303 g/mol. The van der Waals surface area contributed by atoms with Crippen LogP contribution in [0.2, 0.25) is 0 Å². The fourth-order valence-corrected chi connectivity index (χ4v) is 5.15. The first-order valence-corrected chi connectivity index (χ1v) is 8.35. The molecule has 0 aromatic carbocycles. The number of rotatable bonds is 0. The molecule has 0 aliphatic heterocycles. The first-order chi connectivity index (χ1) is 7.93. The fraction of sp³-hybridized carbons (Fsp3) is 0. The van der Waals surface area contributed by atoms with Crippen molar-refractivity contribution in [1.82, 2.24) is 0 Å². The van der Waals surface area contributed by atoms with Gasteiger partial charge in [-0.25, -0.2) is 0 Å². The van der Waals surface area contributed by atoms with Crippen molar-refractivity contribution in [2.45, 2.75) is 0 Å². The number of thiophene rings is 2. The summed E-state index contributed by atoms with van der Waals surface area (Å²) in [6.45, 7) is 0. The number of furan rings is 1. The van der Waals surface area contributed by atoms with Crippen LogP contribution in [0.4, 0.5) is 0 Å². The smallest absolute Gasteiger partial charge is 0.144 e. The van der Waals surface area contributed by atoms with Crippen LogP contribution in [-0.4, -0.2) is 14.5 Å². The molecule has 4 aromatic heterocycles. The van der Waals surface area contributed by atoms with E-state index in [9.17, 15) is 0 Å². The summed E-state index contributed by atoms with van der Waals surface area (Å²) in [5.74, 6) is 0. The number of hydrogen-bond acceptors (Lipinski definition) is 3. The summed E-state index contributed by atoms with van der Waals surface area (Å²) < 4.78 is 9.33. The van der Waals surface area contributed by atoms with E-state index < -0.39 is 0 Å². The molecule has 0 amide bonds. The van der Waals surface area contributed by atoms with Crippen LogP contribution in [0.5, 0.6) is 0 Å². The standard InChI is InChI=1S/C6H4OS.C6H4SSe/c2*1-3-7-5-2-4-8-6(1)5/h2*1-4H. The van der Waals surface area contributed by atoms with E-state index in [0.29, 0.717) is 14.5 Å². The normalized spacial score (nSPS) is 10.5. The Bertz CT molecular complexity index is 522. The van der Waals surface area contributed by atoms with Gasteiger partial charge in [-0.2, -0.15) is 0 Å². The molecule has 4 rings (SSSR count). The monoisotopic (exact) mass is 312 g/mol. The van der Waals surface area contributed by atoms with Crippen LogP contribution in [0, 0.1) is 0 Å². The van der Waals surface area contributed by atoms with Crippen molar-refractivity contribution in [3.05, 3.63) is 46.2 Å².